The van der Waals surface area contributed by atoms with Crippen LogP contribution in [0.25, 0.3) is 11.0 Å². The molecule has 1 saturated heterocycles. The second kappa shape index (κ2) is 6.42. The van der Waals surface area contributed by atoms with E-state index in [1.165, 1.54) is 44.2 Å². The Bertz CT molecular complexity index is 508. The maximum atomic E-state index is 6.00. The van der Waals surface area contributed by atoms with Gasteiger partial charge < -0.3 is 14.6 Å². The summed E-state index contributed by atoms with van der Waals surface area (Å²) in [5.41, 5.74) is 0.985. The summed E-state index contributed by atoms with van der Waals surface area (Å²) in [6.45, 7) is 3.48. The number of hydrogen-bond acceptors (Lipinski definition) is 3. The Morgan fingerprint density at radius 1 is 1.15 bits per heavy atom. The number of likely N-dealkylation sites (N-methyl/N-ethyl adjacent to an activating group) is 1. The number of rotatable bonds is 4. The minimum absolute atomic E-state index is 0.278. The number of fused-ring (bicyclic) bond motifs is 1. The van der Waals surface area contributed by atoms with Gasteiger partial charge in [-0.1, -0.05) is 31.0 Å². The van der Waals surface area contributed by atoms with Crippen LogP contribution >= 0.6 is 0 Å². The summed E-state index contributed by atoms with van der Waals surface area (Å²) in [6, 6.07) is 10.7. The van der Waals surface area contributed by atoms with Crippen LogP contribution in [0.2, 0.25) is 0 Å². The lowest BCUT2D eigenvalue weighted by Crippen LogP contribution is -2.34. The van der Waals surface area contributed by atoms with Gasteiger partial charge in [0.25, 0.3) is 0 Å². The third kappa shape index (κ3) is 3.05. The van der Waals surface area contributed by atoms with Crippen LogP contribution in [0, 0.1) is 0 Å². The van der Waals surface area contributed by atoms with Gasteiger partial charge in [0.1, 0.15) is 11.3 Å². The number of nitrogens with zero attached hydrogens (tertiary/aromatic N) is 1. The fourth-order valence-corrected chi connectivity index (χ4v) is 3.07. The number of benzene rings is 1. The van der Waals surface area contributed by atoms with Crippen LogP contribution in [-0.2, 0) is 0 Å². The molecule has 1 aromatic carbocycles. The maximum Gasteiger partial charge on any atom is 0.134 e. The van der Waals surface area contributed by atoms with Crippen molar-refractivity contribution in [3.05, 3.63) is 36.1 Å². The molecule has 20 heavy (non-hydrogen) atoms. The predicted molar refractivity (Wildman–Crippen MR) is 82.9 cm³/mol. The molecule has 1 aliphatic rings. The van der Waals surface area contributed by atoms with E-state index < -0.39 is 0 Å². The van der Waals surface area contributed by atoms with E-state index >= 15 is 0 Å². The van der Waals surface area contributed by atoms with Crippen molar-refractivity contribution >= 4 is 11.0 Å². The van der Waals surface area contributed by atoms with Crippen molar-refractivity contribution in [3.63, 3.8) is 0 Å². The molecule has 3 rings (SSSR count). The molecule has 0 radical (unpaired) electrons. The van der Waals surface area contributed by atoms with Gasteiger partial charge in [-0.15, -0.1) is 0 Å². The third-order valence-corrected chi connectivity index (χ3v) is 4.28. The molecule has 3 nitrogen and oxygen atoms in total. The Morgan fingerprint density at radius 3 is 2.60 bits per heavy atom. The van der Waals surface area contributed by atoms with E-state index in [9.17, 15) is 0 Å². The lowest BCUT2D eigenvalue weighted by Gasteiger charge is -2.24. The summed E-state index contributed by atoms with van der Waals surface area (Å²) >= 11 is 0. The summed E-state index contributed by atoms with van der Waals surface area (Å²) in [5, 5.41) is 4.60. The quantitative estimate of drug-likeness (QED) is 0.922. The van der Waals surface area contributed by atoms with Gasteiger partial charge in [0.2, 0.25) is 0 Å². The highest BCUT2D eigenvalue weighted by Gasteiger charge is 2.19. The van der Waals surface area contributed by atoms with Gasteiger partial charge in [-0.2, -0.15) is 0 Å². The fraction of sp³-hybridized carbons (Fsp3) is 0.529. The highest BCUT2D eigenvalue weighted by Crippen LogP contribution is 2.25. The van der Waals surface area contributed by atoms with Gasteiger partial charge in [0.05, 0.1) is 6.04 Å². The van der Waals surface area contributed by atoms with Crippen LogP contribution in [0.3, 0.4) is 0 Å². The van der Waals surface area contributed by atoms with Gasteiger partial charge >= 0.3 is 0 Å². The molecule has 0 bridgehead atoms. The van der Waals surface area contributed by atoms with E-state index in [-0.39, 0.29) is 6.04 Å². The summed E-state index contributed by atoms with van der Waals surface area (Å²) in [5.74, 6) is 1.05. The van der Waals surface area contributed by atoms with Crippen LogP contribution in [0.5, 0.6) is 0 Å². The molecule has 1 fully saturated rings. The van der Waals surface area contributed by atoms with Gasteiger partial charge in [-0.25, -0.2) is 0 Å². The highest BCUT2D eigenvalue weighted by molar-refractivity contribution is 5.77. The molecule has 1 N–H and O–H groups in total. The van der Waals surface area contributed by atoms with E-state index in [0.717, 1.165) is 17.9 Å². The Balaban J connectivity index is 1.74. The molecule has 108 valence electrons. The Morgan fingerprint density at radius 2 is 1.90 bits per heavy atom. The number of likely N-dealkylation sites (tertiary alicyclic amines) is 1. The zero-order valence-corrected chi connectivity index (χ0v) is 12.3. The topological polar surface area (TPSA) is 28.4 Å². The molecule has 1 unspecified atom stereocenters. The van der Waals surface area contributed by atoms with Crippen LogP contribution in [0.1, 0.15) is 37.5 Å². The number of furan rings is 1. The van der Waals surface area contributed by atoms with E-state index in [2.05, 4.69) is 28.4 Å². The molecule has 2 heterocycles. The summed E-state index contributed by atoms with van der Waals surface area (Å²) in [6.07, 6.45) is 5.42. The van der Waals surface area contributed by atoms with Crippen LogP contribution in [0.15, 0.2) is 34.7 Å². The average Bonchev–Trinajstić information content (AvgIpc) is 2.74. The van der Waals surface area contributed by atoms with E-state index in [0.29, 0.717) is 0 Å². The predicted octanol–water partition coefficient (Wildman–Crippen LogP) is 3.57. The first-order valence-corrected chi connectivity index (χ1v) is 7.75. The lowest BCUT2D eigenvalue weighted by atomic mass is 10.2. The molecule has 3 heteroatoms. The third-order valence-electron chi connectivity index (χ3n) is 4.28. The largest absolute Gasteiger partial charge is 0.459 e. The zero-order chi connectivity index (χ0) is 13.8. The monoisotopic (exact) mass is 272 g/mol. The van der Waals surface area contributed by atoms with Crippen molar-refractivity contribution in [1.29, 1.82) is 0 Å². The van der Waals surface area contributed by atoms with E-state index in [4.69, 9.17) is 4.42 Å². The van der Waals surface area contributed by atoms with Crippen LogP contribution < -0.4 is 5.32 Å². The minimum atomic E-state index is 0.278. The fourth-order valence-electron chi connectivity index (χ4n) is 3.07. The van der Waals surface area contributed by atoms with Crippen LogP contribution in [-0.4, -0.2) is 31.6 Å². The number of hydrogen-bond donors (Lipinski definition) is 1. The van der Waals surface area contributed by atoms with Gasteiger partial charge in [0.15, 0.2) is 0 Å². The normalized spacial score (nSPS) is 19.1. The second-order valence-electron chi connectivity index (χ2n) is 5.74. The maximum absolute atomic E-state index is 6.00. The summed E-state index contributed by atoms with van der Waals surface area (Å²) in [4.78, 5) is 2.57. The molecule has 2 aromatic rings. The first-order valence-electron chi connectivity index (χ1n) is 7.75. The van der Waals surface area contributed by atoms with Crippen molar-refractivity contribution in [2.45, 2.75) is 31.7 Å². The summed E-state index contributed by atoms with van der Waals surface area (Å²) in [7, 11) is 2.02. The van der Waals surface area contributed by atoms with Crippen molar-refractivity contribution in [2.75, 3.05) is 26.7 Å². The van der Waals surface area contributed by atoms with Crippen LogP contribution in [0.4, 0.5) is 0 Å². The molecule has 0 aliphatic carbocycles. The van der Waals surface area contributed by atoms with Gasteiger partial charge in [-0.05, 0) is 45.1 Å². The number of nitrogens with one attached hydrogen (secondary N) is 1. The Hall–Kier alpha value is -1.32. The molecule has 0 saturated carbocycles. The molecule has 0 spiro atoms. The number of para-hydroxylation sites is 1. The smallest absolute Gasteiger partial charge is 0.134 e. The standard InChI is InChI=1S/C17H24N2O/c1-18-15(13-19-10-6-2-3-7-11-19)17-12-14-8-4-5-9-16(14)20-17/h4-5,8-9,12,15,18H,2-3,6-7,10-11,13H2,1H3. The first-order chi connectivity index (χ1) is 9.86. The zero-order valence-electron chi connectivity index (χ0n) is 12.3. The molecule has 1 atom stereocenters. The molecule has 1 aromatic heterocycles. The average molecular weight is 272 g/mol. The van der Waals surface area contributed by atoms with Gasteiger partial charge in [-0.3, -0.25) is 0 Å². The molecular weight excluding hydrogens is 248 g/mol. The highest BCUT2D eigenvalue weighted by atomic mass is 16.3. The SMILES string of the molecule is CNC(CN1CCCCCC1)c1cc2ccccc2o1. The second-order valence-corrected chi connectivity index (χ2v) is 5.74. The summed E-state index contributed by atoms with van der Waals surface area (Å²) < 4.78 is 6.00. The first kappa shape index (κ1) is 13.7. The van der Waals surface area contributed by atoms with Crippen molar-refractivity contribution in [1.82, 2.24) is 10.2 Å². The lowest BCUT2D eigenvalue weighted by molar-refractivity contribution is 0.243. The molecular formula is C17H24N2O. The molecule has 1 aliphatic heterocycles. The van der Waals surface area contributed by atoms with Gasteiger partial charge in [0, 0.05) is 11.9 Å². The molecule has 0 amide bonds. The van der Waals surface area contributed by atoms with E-state index in [1.807, 2.05) is 19.2 Å². The Kier molecular flexibility index (Phi) is 4.38. The minimum Gasteiger partial charge on any atom is -0.459 e. The van der Waals surface area contributed by atoms with Crippen molar-refractivity contribution in [2.24, 2.45) is 0 Å². The van der Waals surface area contributed by atoms with Crippen molar-refractivity contribution < 1.29 is 4.42 Å². The Labute approximate surface area is 120 Å². The van der Waals surface area contributed by atoms with E-state index in [1.54, 1.807) is 0 Å². The van der Waals surface area contributed by atoms with Crippen molar-refractivity contribution in [3.8, 4) is 0 Å².